The first-order valence-electron chi connectivity index (χ1n) is 16.6. The third-order valence-corrected chi connectivity index (χ3v) is 9.11. The number of nitrogens with zero attached hydrogens (tertiary/aromatic N) is 5. The quantitative estimate of drug-likeness (QED) is 0.176. The summed E-state index contributed by atoms with van der Waals surface area (Å²) in [7, 11) is 1.56. The number of aromatic nitrogens is 2. The lowest BCUT2D eigenvalue weighted by Gasteiger charge is -2.38. The molecule has 16 heteroatoms. The average Bonchev–Trinajstić information content (AvgIpc) is 3.12. The maximum Gasteiger partial charge on any atom is 0.411 e. The molecule has 0 bridgehead atoms. The number of esters is 1. The number of alkyl halides is 3. The normalized spacial score (nSPS) is 18.3. The third-order valence-electron chi connectivity index (χ3n) is 9.11. The standard InChI is InChI=1S/C36H36F4N6O6/c1-4-13-52-34(49)26(43-32(47)30-20(2)15-22(17-25(30)37)45-12-14-51-19-29(45)36(38,39)40)16-21-7-8-27(31-23(21)6-5-10-42-31)46-33(48)24-9-11-41-18-28(24)44(3)35(46)50/h5-11,15,17-18,26,29,33,48H,4,12-14,16,19H2,1-3H3,(H,43,47)/t26-,29+,33?/m0/s1. The fraction of sp³-hybridized carbons (Fsp3) is 0.361. The minimum Gasteiger partial charge on any atom is -0.464 e. The monoisotopic (exact) mass is 724 g/mol. The van der Waals surface area contributed by atoms with Crippen molar-refractivity contribution in [2.75, 3.05) is 48.1 Å². The molecule has 0 aliphatic carbocycles. The Kier molecular flexibility index (Phi) is 10.3. The number of hydrogen-bond acceptors (Lipinski definition) is 9. The highest BCUT2D eigenvalue weighted by atomic mass is 19.4. The number of urea groups is 1. The van der Waals surface area contributed by atoms with E-state index in [2.05, 4.69) is 15.3 Å². The number of ether oxygens (including phenoxy) is 2. The number of carbonyl (C=O) groups is 3. The number of halogens is 4. The predicted octanol–water partition coefficient (Wildman–Crippen LogP) is 5.21. The van der Waals surface area contributed by atoms with Crippen LogP contribution in [0, 0.1) is 12.7 Å². The van der Waals surface area contributed by atoms with Gasteiger partial charge >= 0.3 is 18.2 Å². The second kappa shape index (κ2) is 14.7. The van der Waals surface area contributed by atoms with Crippen LogP contribution in [0.25, 0.3) is 10.9 Å². The Bertz CT molecular complexity index is 1990. The minimum atomic E-state index is -4.63. The molecular formula is C36H36F4N6O6. The highest BCUT2D eigenvalue weighted by Gasteiger charge is 2.46. The van der Waals surface area contributed by atoms with Gasteiger partial charge in [0.15, 0.2) is 6.23 Å². The van der Waals surface area contributed by atoms with E-state index in [0.29, 0.717) is 34.1 Å². The van der Waals surface area contributed by atoms with Crippen molar-refractivity contribution in [3.8, 4) is 0 Å². The maximum atomic E-state index is 15.7. The summed E-state index contributed by atoms with van der Waals surface area (Å²) in [6, 6.07) is 6.50. The number of hydrogen-bond donors (Lipinski definition) is 2. The molecule has 2 aromatic heterocycles. The minimum absolute atomic E-state index is 0.0137. The molecule has 2 aliphatic rings. The summed E-state index contributed by atoms with van der Waals surface area (Å²) in [5, 5.41) is 14.4. The number of aryl methyl sites for hydroxylation is 1. The molecule has 4 heterocycles. The van der Waals surface area contributed by atoms with E-state index >= 15 is 4.39 Å². The Morgan fingerprint density at radius 1 is 1.15 bits per heavy atom. The van der Waals surface area contributed by atoms with Crippen LogP contribution in [0.3, 0.4) is 0 Å². The van der Waals surface area contributed by atoms with Gasteiger partial charge < -0.3 is 24.8 Å². The van der Waals surface area contributed by atoms with Crippen molar-refractivity contribution in [3.63, 3.8) is 0 Å². The molecule has 274 valence electrons. The van der Waals surface area contributed by atoms with E-state index in [1.165, 1.54) is 41.4 Å². The van der Waals surface area contributed by atoms with Gasteiger partial charge in [-0.25, -0.2) is 14.0 Å². The molecule has 3 amide bonds. The molecule has 52 heavy (non-hydrogen) atoms. The van der Waals surface area contributed by atoms with Crippen LogP contribution >= 0.6 is 0 Å². The SMILES string of the molecule is CCCOC(=O)[C@H](Cc1ccc(N2C(=O)N(C)c3cnccc3C2O)c2ncccc12)NC(=O)c1c(C)cc(N2CCOC[C@@H]2C(F)(F)F)cc1F. The number of morpholine rings is 1. The van der Waals surface area contributed by atoms with Gasteiger partial charge in [-0.2, -0.15) is 13.2 Å². The number of anilines is 3. The summed E-state index contributed by atoms with van der Waals surface area (Å²) in [6.45, 7) is 2.51. The molecule has 2 aromatic carbocycles. The van der Waals surface area contributed by atoms with E-state index in [4.69, 9.17) is 9.47 Å². The first kappa shape index (κ1) is 36.4. The van der Waals surface area contributed by atoms with Gasteiger partial charge in [-0.3, -0.25) is 24.6 Å². The van der Waals surface area contributed by atoms with Crippen molar-refractivity contribution in [2.45, 2.75) is 51.2 Å². The first-order valence-corrected chi connectivity index (χ1v) is 16.6. The van der Waals surface area contributed by atoms with Crippen LogP contribution in [0.15, 0.2) is 61.1 Å². The number of pyridine rings is 2. The second-order valence-electron chi connectivity index (χ2n) is 12.5. The third kappa shape index (κ3) is 6.95. The van der Waals surface area contributed by atoms with Gasteiger partial charge in [-0.15, -0.1) is 0 Å². The van der Waals surface area contributed by atoms with Gasteiger partial charge in [-0.1, -0.05) is 19.1 Å². The Morgan fingerprint density at radius 3 is 2.67 bits per heavy atom. The molecule has 2 aliphatic heterocycles. The average molecular weight is 725 g/mol. The van der Waals surface area contributed by atoms with Crippen LogP contribution in [0.4, 0.5) is 39.4 Å². The van der Waals surface area contributed by atoms with Crippen molar-refractivity contribution in [1.82, 2.24) is 15.3 Å². The van der Waals surface area contributed by atoms with Crippen LogP contribution in [0.5, 0.6) is 0 Å². The highest BCUT2D eigenvalue weighted by molar-refractivity contribution is 6.10. The molecule has 12 nitrogen and oxygen atoms in total. The van der Waals surface area contributed by atoms with Crippen molar-refractivity contribution in [1.29, 1.82) is 0 Å². The molecule has 0 saturated carbocycles. The molecule has 1 unspecified atom stereocenters. The molecule has 0 radical (unpaired) electrons. The molecule has 1 fully saturated rings. The summed E-state index contributed by atoms with van der Waals surface area (Å²) < 4.78 is 67.2. The molecular weight excluding hydrogens is 688 g/mol. The number of rotatable bonds is 9. The van der Waals surface area contributed by atoms with E-state index in [1.54, 1.807) is 44.3 Å². The largest absolute Gasteiger partial charge is 0.464 e. The zero-order valence-corrected chi connectivity index (χ0v) is 28.5. The van der Waals surface area contributed by atoms with Crippen molar-refractivity contribution < 1.29 is 46.5 Å². The number of carbonyl (C=O) groups excluding carboxylic acids is 3. The summed E-state index contributed by atoms with van der Waals surface area (Å²) in [4.78, 5) is 52.6. The van der Waals surface area contributed by atoms with Gasteiger partial charge in [0.05, 0.1) is 48.5 Å². The van der Waals surface area contributed by atoms with E-state index in [-0.39, 0.29) is 43.1 Å². The molecule has 0 spiro atoms. The van der Waals surface area contributed by atoms with Crippen LogP contribution in [0.1, 0.15) is 46.6 Å². The van der Waals surface area contributed by atoms with Crippen LogP contribution < -0.4 is 20.0 Å². The highest BCUT2D eigenvalue weighted by Crippen LogP contribution is 2.40. The van der Waals surface area contributed by atoms with Crippen LogP contribution in [-0.2, 0) is 20.7 Å². The van der Waals surface area contributed by atoms with Crippen LogP contribution in [-0.4, -0.2) is 84.7 Å². The molecule has 2 N–H and O–H groups in total. The maximum absolute atomic E-state index is 15.7. The topological polar surface area (TPSA) is 137 Å². The molecule has 1 saturated heterocycles. The summed E-state index contributed by atoms with van der Waals surface area (Å²) in [5.41, 5.74) is 1.59. The van der Waals surface area contributed by atoms with Crippen molar-refractivity contribution in [3.05, 3.63) is 89.1 Å². The van der Waals surface area contributed by atoms with Gasteiger partial charge in [0.25, 0.3) is 5.91 Å². The number of aliphatic hydroxyl groups excluding tert-OH is 1. The van der Waals surface area contributed by atoms with Gasteiger partial charge in [0.1, 0.15) is 17.9 Å². The Balaban J connectivity index is 1.31. The summed E-state index contributed by atoms with van der Waals surface area (Å²) >= 11 is 0. The lowest BCUT2D eigenvalue weighted by atomic mass is 9.98. The zero-order chi connectivity index (χ0) is 37.3. The van der Waals surface area contributed by atoms with Gasteiger partial charge in [-0.05, 0) is 54.8 Å². The fourth-order valence-electron chi connectivity index (χ4n) is 6.54. The first-order chi connectivity index (χ1) is 24.8. The summed E-state index contributed by atoms with van der Waals surface area (Å²) in [5.74, 6) is -2.82. The zero-order valence-electron chi connectivity index (χ0n) is 28.5. The van der Waals surface area contributed by atoms with E-state index in [9.17, 15) is 32.7 Å². The predicted molar refractivity (Wildman–Crippen MR) is 183 cm³/mol. The van der Waals surface area contributed by atoms with Gasteiger partial charge in [0.2, 0.25) is 0 Å². The number of benzene rings is 2. The molecule has 6 rings (SSSR count). The Hall–Kier alpha value is -5.35. The lowest BCUT2D eigenvalue weighted by Crippen LogP contribution is -2.53. The Labute approximate surface area is 295 Å². The lowest BCUT2D eigenvalue weighted by molar-refractivity contribution is -0.167. The number of fused-ring (bicyclic) bond motifs is 2. The van der Waals surface area contributed by atoms with Crippen molar-refractivity contribution in [2.24, 2.45) is 0 Å². The van der Waals surface area contributed by atoms with E-state index < -0.39 is 60.4 Å². The van der Waals surface area contributed by atoms with E-state index in [0.717, 1.165) is 11.0 Å². The van der Waals surface area contributed by atoms with E-state index in [1.807, 2.05) is 0 Å². The second-order valence-corrected chi connectivity index (χ2v) is 12.5. The Morgan fingerprint density at radius 2 is 1.94 bits per heavy atom. The number of aliphatic hydroxyl groups is 1. The van der Waals surface area contributed by atoms with Crippen LogP contribution in [0.2, 0.25) is 0 Å². The molecule has 4 aromatic rings. The summed E-state index contributed by atoms with van der Waals surface area (Å²) in [6.07, 6.45) is -1.15. The number of amides is 3. The number of nitrogens with one attached hydrogen (secondary N) is 1. The van der Waals surface area contributed by atoms with Crippen molar-refractivity contribution >= 4 is 45.9 Å². The molecule has 3 atom stereocenters. The smallest absolute Gasteiger partial charge is 0.411 e. The fourth-order valence-corrected chi connectivity index (χ4v) is 6.54. The van der Waals surface area contributed by atoms with Gasteiger partial charge in [0, 0.05) is 49.0 Å².